The highest BCUT2D eigenvalue weighted by Crippen LogP contribution is 2.28. The number of aromatic nitrogens is 1. The quantitative estimate of drug-likeness (QED) is 0.853. The van der Waals surface area contributed by atoms with Gasteiger partial charge in [-0.05, 0) is 52.7 Å². The lowest BCUT2D eigenvalue weighted by Gasteiger charge is -2.31. The van der Waals surface area contributed by atoms with Crippen LogP contribution in [0.15, 0.2) is 22.8 Å². The lowest BCUT2D eigenvalue weighted by Crippen LogP contribution is -2.35. The summed E-state index contributed by atoms with van der Waals surface area (Å²) in [6.45, 7) is 8.61. The van der Waals surface area contributed by atoms with Crippen molar-refractivity contribution in [1.29, 1.82) is 0 Å². The summed E-state index contributed by atoms with van der Waals surface area (Å²) in [4.78, 5) is 4.37. The standard InChI is InChI=1S/C15H24BrNO/c1-11(2)7-15(18,8-12(3)4)9-14-6-5-13(16)10-17-14/h5-6,10-12,18H,7-9H2,1-4H3. The Labute approximate surface area is 119 Å². The number of halogens is 1. The van der Waals surface area contributed by atoms with Crippen molar-refractivity contribution in [1.82, 2.24) is 4.98 Å². The van der Waals surface area contributed by atoms with Crippen molar-refractivity contribution in [2.75, 3.05) is 0 Å². The van der Waals surface area contributed by atoms with Crippen LogP contribution in [0.2, 0.25) is 0 Å². The number of nitrogens with zero attached hydrogens (tertiary/aromatic N) is 1. The van der Waals surface area contributed by atoms with Crippen molar-refractivity contribution in [2.45, 2.75) is 52.6 Å². The van der Waals surface area contributed by atoms with Crippen LogP contribution in [0.1, 0.15) is 46.2 Å². The third-order valence-electron chi connectivity index (χ3n) is 2.88. The van der Waals surface area contributed by atoms with Gasteiger partial charge in [-0.2, -0.15) is 0 Å². The van der Waals surface area contributed by atoms with Gasteiger partial charge >= 0.3 is 0 Å². The molecule has 18 heavy (non-hydrogen) atoms. The molecule has 0 radical (unpaired) electrons. The van der Waals surface area contributed by atoms with Crippen LogP contribution in [0.3, 0.4) is 0 Å². The normalized spacial score (nSPS) is 12.4. The van der Waals surface area contributed by atoms with Crippen molar-refractivity contribution in [3.8, 4) is 0 Å². The maximum Gasteiger partial charge on any atom is 0.0707 e. The van der Waals surface area contributed by atoms with Gasteiger partial charge in [-0.3, -0.25) is 4.98 Å². The fourth-order valence-corrected chi connectivity index (χ4v) is 2.83. The monoisotopic (exact) mass is 313 g/mol. The molecule has 1 aromatic rings. The highest BCUT2D eigenvalue weighted by molar-refractivity contribution is 9.10. The van der Waals surface area contributed by atoms with Gasteiger partial charge in [0.25, 0.3) is 0 Å². The molecule has 0 aliphatic carbocycles. The van der Waals surface area contributed by atoms with E-state index < -0.39 is 5.60 Å². The van der Waals surface area contributed by atoms with Gasteiger partial charge in [0.05, 0.1) is 5.60 Å². The van der Waals surface area contributed by atoms with Crippen molar-refractivity contribution >= 4 is 15.9 Å². The molecule has 1 aromatic heterocycles. The zero-order valence-corrected chi connectivity index (χ0v) is 13.4. The minimum Gasteiger partial charge on any atom is -0.389 e. The summed E-state index contributed by atoms with van der Waals surface area (Å²) < 4.78 is 0.975. The Morgan fingerprint density at radius 3 is 2.11 bits per heavy atom. The molecule has 0 fully saturated rings. The molecule has 0 aliphatic rings. The van der Waals surface area contributed by atoms with Gasteiger partial charge < -0.3 is 5.11 Å². The molecule has 2 nitrogen and oxygen atoms in total. The summed E-state index contributed by atoms with van der Waals surface area (Å²) in [6.07, 6.45) is 4.07. The minimum atomic E-state index is -0.636. The highest BCUT2D eigenvalue weighted by Gasteiger charge is 2.29. The molecule has 0 amide bonds. The van der Waals surface area contributed by atoms with Gasteiger partial charge in [0, 0.05) is 22.8 Å². The number of hydrogen-bond donors (Lipinski definition) is 1. The first kappa shape index (κ1) is 15.6. The third-order valence-corrected chi connectivity index (χ3v) is 3.34. The van der Waals surface area contributed by atoms with Crippen LogP contribution in [0.25, 0.3) is 0 Å². The van der Waals surface area contributed by atoms with E-state index in [1.807, 2.05) is 12.1 Å². The predicted molar refractivity (Wildman–Crippen MR) is 79.5 cm³/mol. The van der Waals surface area contributed by atoms with E-state index in [0.29, 0.717) is 18.3 Å². The van der Waals surface area contributed by atoms with Crippen LogP contribution >= 0.6 is 15.9 Å². The van der Waals surface area contributed by atoms with E-state index in [-0.39, 0.29) is 0 Å². The minimum absolute atomic E-state index is 0.490. The zero-order chi connectivity index (χ0) is 13.8. The predicted octanol–water partition coefficient (Wildman–Crippen LogP) is 4.21. The molecule has 1 rings (SSSR count). The number of aliphatic hydroxyl groups is 1. The van der Waals surface area contributed by atoms with E-state index in [1.54, 1.807) is 6.20 Å². The SMILES string of the molecule is CC(C)CC(O)(Cc1ccc(Br)cn1)CC(C)C. The Hall–Kier alpha value is -0.410. The summed E-state index contributed by atoms with van der Waals surface area (Å²) >= 11 is 3.38. The maximum atomic E-state index is 10.8. The fourth-order valence-electron chi connectivity index (χ4n) is 2.60. The van der Waals surface area contributed by atoms with E-state index in [1.165, 1.54) is 0 Å². The van der Waals surface area contributed by atoms with Crippen LogP contribution in [-0.4, -0.2) is 15.7 Å². The molecule has 0 spiro atoms. The first-order valence-corrected chi connectivity index (χ1v) is 7.43. The summed E-state index contributed by atoms with van der Waals surface area (Å²) in [5, 5.41) is 10.8. The third kappa shape index (κ3) is 5.49. The van der Waals surface area contributed by atoms with E-state index in [0.717, 1.165) is 23.0 Å². The van der Waals surface area contributed by atoms with Gasteiger partial charge in [-0.15, -0.1) is 0 Å². The van der Waals surface area contributed by atoms with Gasteiger partial charge in [0.2, 0.25) is 0 Å². The molecule has 0 atom stereocenters. The van der Waals surface area contributed by atoms with E-state index >= 15 is 0 Å². The number of rotatable bonds is 6. The molecular weight excluding hydrogens is 290 g/mol. The highest BCUT2D eigenvalue weighted by atomic mass is 79.9. The van der Waals surface area contributed by atoms with Gasteiger partial charge in [0.1, 0.15) is 0 Å². The first-order chi connectivity index (χ1) is 8.31. The second-order valence-corrected chi connectivity index (χ2v) is 6.98. The smallest absolute Gasteiger partial charge is 0.0707 e. The van der Waals surface area contributed by atoms with Crippen LogP contribution in [0, 0.1) is 11.8 Å². The van der Waals surface area contributed by atoms with E-state index in [9.17, 15) is 5.11 Å². The number of pyridine rings is 1. The van der Waals surface area contributed by atoms with Crippen molar-refractivity contribution < 1.29 is 5.11 Å². The van der Waals surface area contributed by atoms with Crippen molar-refractivity contribution in [2.24, 2.45) is 11.8 Å². The Morgan fingerprint density at radius 1 is 1.17 bits per heavy atom. The van der Waals surface area contributed by atoms with Gasteiger partial charge in [-0.1, -0.05) is 27.7 Å². The summed E-state index contributed by atoms with van der Waals surface area (Å²) in [5.74, 6) is 0.980. The molecule has 0 bridgehead atoms. The second-order valence-electron chi connectivity index (χ2n) is 6.06. The molecule has 0 saturated heterocycles. The molecule has 102 valence electrons. The first-order valence-electron chi connectivity index (χ1n) is 6.63. The second kappa shape index (κ2) is 6.67. The molecule has 1 N–H and O–H groups in total. The Kier molecular flexibility index (Phi) is 5.80. The van der Waals surface area contributed by atoms with Crippen LogP contribution in [0.4, 0.5) is 0 Å². The topological polar surface area (TPSA) is 33.1 Å². The molecule has 1 heterocycles. The Bertz CT molecular complexity index is 349. The molecule has 0 saturated carbocycles. The summed E-state index contributed by atoms with van der Waals surface area (Å²) in [5.41, 5.74) is 0.324. The van der Waals surface area contributed by atoms with Gasteiger partial charge in [0.15, 0.2) is 0 Å². The average Bonchev–Trinajstić information content (AvgIpc) is 2.18. The van der Waals surface area contributed by atoms with Crippen molar-refractivity contribution in [3.05, 3.63) is 28.5 Å². The zero-order valence-electron chi connectivity index (χ0n) is 11.8. The summed E-state index contributed by atoms with van der Waals surface area (Å²) in [7, 11) is 0. The number of hydrogen-bond acceptors (Lipinski definition) is 2. The molecule has 0 aliphatic heterocycles. The van der Waals surface area contributed by atoms with E-state index in [2.05, 4.69) is 48.6 Å². The summed E-state index contributed by atoms with van der Waals surface area (Å²) in [6, 6.07) is 3.96. The molecule has 0 unspecified atom stereocenters. The largest absolute Gasteiger partial charge is 0.389 e. The van der Waals surface area contributed by atoms with Gasteiger partial charge in [-0.25, -0.2) is 0 Å². The molecule has 3 heteroatoms. The van der Waals surface area contributed by atoms with Crippen LogP contribution in [0.5, 0.6) is 0 Å². The fraction of sp³-hybridized carbons (Fsp3) is 0.667. The van der Waals surface area contributed by atoms with Crippen molar-refractivity contribution in [3.63, 3.8) is 0 Å². The maximum absolute atomic E-state index is 10.8. The average molecular weight is 314 g/mol. The molecular formula is C15H24BrNO. The van der Waals surface area contributed by atoms with Crippen LogP contribution < -0.4 is 0 Å². The van der Waals surface area contributed by atoms with Crippen LogP contribution in [-0.2, 0) is 6.42 Å². The Morgan fingerprint density at radius 2 is 1.72 bits per heavy atom. The Balaban J connectivity index is 2.80. The molecule has 0 aromatic carbocycles. The lowest BCUT2D eigenvalue weighted by molar-refractivity contribution is -0.0000612. The lowest BCUT2D eigenvalue weighted by atomic mass is 9.81. The van der Waals surface area contributed by atoms with E-state index in [4.69, 9.17) is 0 Å².